The smallest absolute Gasteiger partial charge is 0.322 e. The van der Waals surface area contributed by atoms with Gasteiger partial charge in [0.1, 0.15) is 0 Å². The Morgan fingerprint density at radius 3 is 2.21 bits per heavy atom. The molecular formula is C18H10ClF6N3O. The third-order valence-electron chi connectivity index (χ3n) is 3.80. The van der Waals surface area contributed by atoms with Gasteiger partial charge in [-0.2, -0.15) is 31.4 Å². The predicted octanol–water partition coefficient (Wildman–Crippen LogP) is 5.82. The summed E-state index contributed by atoms with van der Waals surface area (Å²) in [6.07, 6.45) is -8.94. The largest absolute Gasteiger partial charge is 0.434 e. The van der Waals surface area contributed by atoms with E-state index in [1.165, 1.54) is 24.3 Å². The molecule has 3 aromatic rings. The Morgan fingerprint density at radius 2 is 1.62 bits per heavy atom. The molecule has 0 saturated carbocycles. The number of carbonyl (C=O) groups is 1. The second-order valence-corrected chi connectivity index (χ2v) is 6.26. The number of hydrogen-bond acceptors (Lipinski definition) is 2. The minimum atomic E-state index is -4.96. The van der Waals surface area contributed by atoms with E-state index in [-0.39, 0.29) is 16.4 Å². The first-order valence-corrected chi connectivity index (χ1v) is 8.24. The molecule has 3 rings (SSSR count). The molecule has 1 amide bonds. The number of anilines is 1. The van der Waals surface area contributed by atoms with Gasteiger partial charge in [0.2, 0.25) is 0 Å². The van der Waals surface area contributed by atoms with Crippen LogP contribution in [0.15, 0.2) is 54.7 Å². The number of benzene rings is 2. The van der Waals surface area contributed by atoms with Crippen LogP contribution in [0.25, 0.3) is 5.69 Å². The number of nitrogens with one attached hydrogen (secondary N) is 1. The molecule has 152 valence electrons. The number of aromatic nitrogens is 2. The highest BCUT2D eigenvalue weighted by atomic mass is 35.5. The number of alkyl halides is 6. The van der Waals surface area contributed by atoms with E-state index in [9.17, 15) is 31.1 Å². The van der Waals surface area contributed by atoms with Crippen LogP contribution in [-0.4, -0.2) is 15.7 Å². The van der Waals surface area contributed by atoms with E-state index in [2.05, 4.69) is 5.10 Å². The van der Waals surface area contributed by atoms with Gasteiger partial charge in [-0.15, -0.1) is 0 Å². The summed E-state index contributed by atoms with van der Waals surface area (Å²) < 4.78 is 79.7. The highest BCUT2D eigenvalue weighted by Gasteiger charge is 2.40. The van der Waals surface area contributed by atoms with Crippen LogP contribution in [0.1, 0.15) is 21.6 Å². The average molecular weight is 434 g/mol. The van der Waals surface area contributed by atoms with Gasteiger partial charge < -0.3 is 5.32 Å². The molecule has 0 radical (unpaired) electrons. The van der Waals surface area contributed by atoms with Crippen LogP contribution in [0.3, 0.4) is 0 Å². The van der Waals surface area contributed by atoms with Crippen LogP contribution < -0.4 is 5.32 Å². The first-order chi connectivity index (χ1) is 13.5. The molecule has 4 nitrogen and oxygen atoms in total. The minimum absolute atomic E-state index is 0.000145. The van der Waals surface area contributed by atoms with Crippen molar-refractivity contribution in [3.8, 4) is 5.69 Å². The zero-order valence-electron chi connectivity index (χ0n) is 14.1. The Morgan fingerprint density at radius 1 is 0.966 bits per heavy atom. The van der Waals surface area contributed by atoms with E-state index in [0.717, 1.165) is 18.2 Å². The van der Waals surface area contributed by atoms with Crippen molar-refractivity contribution in [2.75, 3.05) is 5.32 Å². The molecule has 1 N–H and O–H groups in total. The quantitative estimate of drug-likeness (QED) is 0.529. The molecular weight excluding hydrogens is 424 g/mol. The predicted molar refractivity (Wildman–Crippen MR) is 93.0 cm³/mol. The van der Waals surface area contributed by atoms with E-state index >= 15 is 0 Å². The van der Waals surface area contributed by atoms with Crippen molar-refractivity contribution in [3.05, 3.63) is 76.6 Å². The van der Waals surface area contributed by atoms with Gasteiger partial charge in [0.25, 0.3) is 5.91 Å². The molecule has 0 saturated heterocycles. The first-order valence-electron chi connectivity index (χ1n) is 7.86. The van der Waals surface area contributed by atoms with E-state index in [4.69, 9.17) is 11.6 Å². The Bertz CT molecular complexity index is 1040. The molecule has 0 atom stereocenters. The van der Waals surface area contributed by atoms with Crippen molar-refractivity contribution < 1.29 is 31.1 Å². The van der Waals surface area contributed by atoms with E-state index in [1.807, 2.05) is 5.32 Å². The van der Waals surface area contributed by atoms with E-state index < -0.39 is 35.1 Å². The molecule has 2 aromatic carbocycles. The van der Waals surface area contributed by atoms with Crippen LogP contribution in [0.2, 0.25) is 5.02 Å². The number of rotatable bonds is 3. The summed E-state index contributed by atoms with van der Waals surface area (Å²) >= 11 is 5.72. The summed E-state index contributed by atoms with van der Waals surface area (Å²) in [5.41, 5.74) is -3.57. The van der Waals surface area contributed by atoms with Crippen molar-refractivity contribution in [1.29, 1.82) is 0 Å². The summed E-state index contributed by atoms with van der Waals surface area (Å²) in [7, 11) is 0. The molecule has 11 heteroatoms. The fourth-order valence-electron chi connectivity index (χ4n) is 2.54. The Balaban J connectivity index is 1.99. The number of amides is 1. The molecule has 0 fully saturated rings. The van der Waals surface area contributed by atoms with Gasteiger partial charge in [-0.05, 0) is 42.5 Å². The molecule has 0 bridgehead atoms. The molecule has 0 unspecified atom stereocenters. The number of carbonyl (C=O) groups excluding carboxylic acids is 1. The summed E-state index contributed by atoms with van der Waals surface area (Å²) in [4.78, 5) is 12.4. The van der Waals surface area contributed by atoms with Crippen LogP contribution >= 0.6 is 11.6 Å². The molecule has 0 aliphatic rings. The number of nitrogens with zero attached hydrogens (tertiary/aromatic N) is 2. The molecule has 29 heavy (non-hydrogen) atoms. The Labute approximate surface area is 164 Å². The lowest BCUT2D eigenvalue weighted by Gasteiger charge is -2.13. The molecule has 0 spiro atoms. The molecule has 0 aliphatic heterocycles. The number of halogens is 7. The second-order valence-electron chi connectivity index (χ2n) is 5.83. The third-order valence-corrected chi connectivity index (χ3v) is 4.05. The van der Waals surface area contributed by atoms with Gasteiger partial charge in [0.15, 0.2) is 5.69 Å². The lowest BCUT2D eigenvalue weighted by Crippen LogP contribution is -2.21. The summed E-state index contributed by atoms with van der Waals surface area (Å²) in [5, 5.41) is 5.95. The van der Waals surface area contributed by atoms with Gasteiger partial charge in [-0.25, -0.2) is 4.68 Å². The van der Waals surface area contributed by atoms with Crippen molar-refractivity contribution in [2.24, 2.45) is 0 Å². The normalized spacial score (nSPS) is 12.1. The second kappa shape index (κ2) is 7.43. The highest BCUT2D eigenvalue weighted by Crippen LogP contribution is 2.35. The molecule has 1 aromatic heterocycles. The van der Waals surface area contributed by atoms with Crippen molar-refractivity contribution in [1.82, 2.24) is 9.78 Å². The SMILES string of the molecule is O=C(Nc1cccc(C(F)(F)F)c1)c1cnn(-c2ccc(Cl)cc2)c1C(F)(F)F. The maximum Gasteiger partial charge on any atom is 0.434 e. The van der Waals surface area contributed by atoms with Gasteiger partial charge in [0.05, 0.1) is 23.0 Å². The average Bonchev–Trinajstić information content (AvgIpc) is 3.07. The standard InChI is InChI=1S/C18H10ClF6N3O/c19-11-4-6-13(7-5-11)28-15(18(23,24)25)14(9-26-28)16(29)27-12-3-1-2-10(8-12)17(20,21)22/h1-9H,(H,27,29). The van der Waals surface area contributed by atoms with Crippen molar-refractivity contribution in [2.45, 2.75) is 12.4 Å². The lowest BCUT2D eigenvalue weighted by molar-refractivity contribution is -0.143. The Kier molecular flexibility index (Phi) is 5.31. The maximum atomic E-state index is 13.6. The summed E-state index contributed by atoms with van der Waals surface area (Å²) in [6.45, 7) is 0. The van der Waals surface area contributed by atoms with Crippen LogP contribution in [0, 0.1) is 0 Å². The molecule has 1 heterocycles. The molecule has 0 aliphatic carbocycles. The zero-order valence-corrected chi connectivity index (χ0v) is 14.9. The van der Waals surface area contributed by atoms with Crippen molar-refractivity contribution >= 4 is 23.2 Å². The highest BCUT2D eigenvalue weighted by molar-refractivity contribution is 6.30. The first kappa shape index (κ1) is 20.7. The van der Waals surface area contributed by atoms with Crippen LogP contribution in [0.4, 0.5) is 32.0 Å². The summed E-state index contributed by atoms with van der Waals surface area (Å²) in [6, 6.07) is 8.80. The zero-order chi connectivity index (χ0) is 21.4. The van der Waals surface area contributed by atoms with E-state index in [1.54, 1.807) is 0 Å². The van der Waals surface area contributed by atoms with Gasteiger partial charge in [-0.1, -0.05) is 17.7 Å². The Hall–Kier alpha value is -3.01. The third kappa shape index (κ3) is 4.53. The fourth-order valence-corrected chi connectivity index (χ4v) is 2.66. The van der Waals surface area contributed by atoms with Crippen LogP contribution in [0.5, 0.6) is 0 Å². The lowest BCUT2D eigenvalue weighted by atomic mass is 10.1. The van der Waals surface area contributed by atoms with Gasteiger partial charge in [0, 0.05) is 10.7 Å². The van der Waals surface area contributed by atoms with Crippen LogP contribution in [-0.2, 0) is 12.4 Å². The van der Waals surface area contributed by atoms with Gasteiger partial charge in [-0.3, -0.25) is 4.79 Å². The monoisotopic (exact) mass is 433 g/mol. The van der Waals surface area contributed by atoms with Gasteiger partial charge >= 0.3 is 12.4 Å². The van der Waals surface area contributed by atoms with E-state index in [0.29, 0.717) is 16.9 Å². The number of hydrogen-bond donors (Lipinski definition) is 1. The maximum absolute atomic E-state index is 13.6. The van der Waals surface area contributed by atoms with Crippen molar-refractivity contribution in [3.63, 3.8) is 0 Å². The summed E-state index contributed by atoms with van der Waals surface area (Å²) in [5.74, 6) is -1.25. The fraction of sp³-hybridized carbons (Fsp3) is 0.111. The topological polar surface area (TPSA) is 46.9 Å². The minimum Gasteiger partial charge on any atom is -0.322 e.